The van der Waals surface area contributed by atoms with Crippen LogP contribution in [0.25, 0.3) is 0 Å². The summed E-state index contributed by atoms with van der Waals surface area (Å²) in [5.41, 5.74) is 1.33. The molecule has 1 aliphatic heterocycles. The second-order valence-electron chi connectivity index (χ2n) is 7.49. The van der Waals surface area contributed by atoms with E-state index in [0.29, 0.717) is 24.6 Å². The second-order valence-corrected chi connectivity index (χ2v) is 7.49. The molecule has 1 saturated carbocycles. The monoisotopic (exact) mass is 346 g/mol. The molecule has 0 spiro atoms. The molecule has 2 fully saturated rings. The minimum atomic E-state index is -0.134. The van der Waals surface area contributed by atoms with Gasteiger partial charge in [0, 0.05) is 37.7 Å². The van der Waals surface area contributed by atoms with Gasteiger partial charge in [0.2, 0.25) is 5.91 Å². The van der Waals surface area contributed by atoms with Crippen LogP contribution in [0.2, 0.25) is 0 Å². The predicted molar refractivity (Wildman–Crippen MR) is 91.2 cm³/mol. The van der Waals surface area contributed by atoms with E-state index in [1.807, 2.05) is 4.90 Å². The minimum Gasteiger partial charge on any atom is -0.360 e. The van der Waals surface area contributed by atoms with Gasteiger partial charge in [0.15, 0.2) is 5.69 Å². The van der Waals surface area contributed by atoms with Crippen LogP contribution in [-0.2, 0) is 17.6 Å². The molecule has 136 valence electrons. The van der Waals surface area contributed by atoms with Gasteiger partial charge in [0.05, 0.1) is 6.54 Å². The summed E-state index contributed by atoms with van der Waals surface area (Å²) in [6.07, 6.45) is 6.98. The maximum atomic E-state index is 12.3. The molecule has 0 radical (unpaired) electrons. The molecular weight excluding hydrogens is 320 g/mol. The first-order valence-corrected chi connectivity index (χ1v) is 9.47. The Morgan fingerprint density at radius 1 is 1.20 bits per heavy atom. The van der Waals surface area contributed by atoms with E-state index in [1.165, 1.54) is 12.8 Å². The lowest BCUT2D eigenvalue weighted by molar-refractivity contribution is -0.129. The summed E-state index contributed by atoms with van der Waals surface area (Å²) in [6.45, 7) is 2.86. The summed E-state index contributed by atoms with van der Waals surface area (Å²) < 4.78 is 5.37. The number of likely N-dealkylation sites (tertiary alicyclic amines) is 1. The van der Waals surface area contributed by atoms with Crippen LogP contribution >= 0.6 is 0 Å². The molecule has 1 aromatic rings. The fourth-order valence-electron chi connectivity index (χ4n) is 3.71. The van der Waals surface area contributed by atoms with Gasteiger partial charge < -0.3 is 20.1 Å². The number of aryl methyl sites for hydroxylation is 1. The molecule has 4 rings (SSSR count). The molecule has 1 saturated heterocycles. The zero-order chi connectivity index (χ0) is 17.2. The third-order valence-electron chi connectivity index (χ3n) is 5.50. The maximum Gasteiger partial charge on any atom is 0.273 e. The Hall–Kier alpha value is -1.89. The summed E-state index contributed by atoms with van der Waals surface area (Å²) in [4.78, 5) is 26.5. The SMILES string of the molecule is O=C(NCC1CC1)c1noc2c1CC(NCC(=O)N1CCCC1)CC2. The van der Waals surface area contributed by atoms with E-state index in [4.69, 9.17) is 4.52 Å². The van der Waals surface area contributed by atoms with E-state index in [-0.39, 0.29) is 17.9 Å². The molecule has 3 aliphatic rings. The average Bonchev–Trinajstić information content (AvgIpc) is 3.11. The van der Waals surface area contributed by atoms with Crippen LogP contribution in [0, 0.1) is 5.92 Å². The first kappa shape index (κ1) is 16.6. The van der Waals surface area contributed by atoms with E-state index in [9.17, 15) is 9.59 Å². The first-order valence-electron chi connectivity index (χ1n) is 9.47. The van der Waals surface area contributed by atoms with E-state index in [0.717, 1.165) is 56.6 Å². The van der Waals surface area contributed by atoms with Gasteiger partial charge in [-0.1, -0.05) is 5.16 Å². The van der Waals surface area contributed by atoms with Gasteiger partial charge in [-0.3, -0.25) is 9.59 Å². The van der Waals surface area contributed by atoms with Crippen LogP contribution in [0.3, 0.4) is 0 Å². The zero-order valence-electron chi connectivity index (χ0n) is 14.6. The van der Waals surface area contributed by atoms with E-state index in [1.54, 1.807) is 0 Å². The van der Waals surface area contributed by atoms with Crippen molar-refractivity contribution < 1.29 is 14.1 Å². The number of nitrogens with one attached hydrogen (secondary N) is 2. The highest BCUT2D eigenvalue weighted by Gasteiger charge is 2.30. The highest BCUT2D eigenvalue weighted by Crippen LogP contribution is 2.28. The molecule has 0 bridgehead atoms. The number of carbonyl (C=O) groups excluding carboxylic acids is 2. The van der Waals surface area contributed by atoms with Gasteiger partial charge in [-0.05, 0) is 44.4 Å². The molecule has 2 N–H and O–H groups in total. The molecule has 2 amide bonds. The van der Waals surface area contributed by atoms with Crippen molar-refractivity contribution in [3.63, 3.8) is 0 Å². The molecule has 2 aliphatic carbocycles. The number of carbonyl (C=O) groups is 2. The van der Waals surface area contributed by atoms with Gasteiger partial charge in [0.1, 0.15) is 5.76 Å². The first-order chi connectivity index (χ1) is 12.2. The van der Waals surface area contributed by atoms with Crippen molar-refractivity contribution in [2.24, 2.45) is 5.92 Å². The lowest BCUT2D eigenvalue weighted by atomic mass is 9.92. The third-order valence-corrected chi connectivity index (χ3v) is 5.50. The summed E-state index contributed by atoms with van der Waals surface area (Å²) in [6, 6.07) is 0.188. The maximum absolute atomic E-state index is 12.3. The van der Waals surface area contributed by atoms with E-state index >= 15 is 0 Å². The molecule has 7 nitrogen and oxygen atoms in total. The summed E-state index contributed by atoms with van der Waals surface area (Å²) in [5.74, 6) is 1.50. The number of aromatic nitrogens is 1. The smallest absolute Gasteiger partial charge is 0.273 e. The Balaban J connectivity index is 1.32. The van der Waals surface area contributed by atoms with Crippen LogP contribution in [0.4, 0.5) is 0 Å². The van der Waals surface area contributed by atoms with Gasteiger partial charge in [-0.15, -0.1) is 0 Å². The van der Waals surface area contributed by atoms with Crippen molar-refractivity contribution in [3.8, 4) is 0 Å². The Morgan fingerprint density at radius 3 is 2.76 bits per heavy atom. The Morgan fingerprint density at radius 2 is 2.00 bits per heavy atom. The van der Waals surface area contributed by atoms with Crippen molar-refractivity contribution in [1.82, 2.24) is 20.7 Å². The standard InChI is InChI=1S/C18H26N4O3/c23-16(22-7-1-2-8-22)11-19-13-5-6-15-14(9-13)17(21-25-15)18(24)20-10-12-3-4-12/h12-13,19H,1-11H2,(H,20,24). The second kappa shape index (κ2) is 7.15. The molecular formula is C18H26N4O3. The number of hydrogen-bond donors (Lipinski definition) is 2. The highest BCUT2D eigenvalue weighted by molar-refractivity contribution is 5.93. The highest BCUT2D eigenvalue weighted by atomic mass is 16.5. The number of amides is 2. The van der Waals surface area contributed by atoms with Gasteiger partial charge in [0.25, 0.3) is 5.91 Å². The molecule has 1 aromatic heterocycles. The topological polar surface area (TPSA) is 87.5 Å². The largest absolute Gasteiger partial charge is 0.360 e. The van der Waals surface area contributed by atoms with Crippen LogP contribution < -0.4 is 10.6 Å². The van der Waals surface area contributed by atoms with Gasteiger partial charge in [-0.2, -0.15) is 0 Å². The number of fused-ring (bicyclic) bond motifs is 1. The lowest BCUT2D eigenvalue weighted by Gasteiger charge is -2.24. The van der Waals surface area contributed by atoms with Crippen molar-refractivity contribution in [2.75, 3.05) is 26.2 Å². The van der Waals surface area contributed by atoms with Crippen LogP contribution in [-0.4, -0.2) is 54.1 Å². The molecule has 7 heteroatoms. The molecule has 0 aromatic carbocycles. The normalized spacial score (nSPS) is 22.7. The van der Waals surface area contributed by atoms with E-state index < -0.39 is 0 Å². The summed E-state index contributed by atoms with van der Waals surface area (Å²) in [5, 5.41) is 10.3. The summed E-state index contributed by atoms with van der Waals surface area (Å²) >= 11 is 0. The molecule has 2 heterocycles. The quantitative estimate of drug-likeness (QED) is 0.798. The average molecular weight is 346 g/mol. The van der Waals surface area contributed by atoms with Crippen molar-refractivity contribution in [2.45, 2.75) is 51.0 Å². The Labute approximate surface area is 147 Å². The Kier molecular flexibility index (Phi) is 4.74. The summed E-state index contributed by atoms with van der Waals surface area (Å²) in [7, 11) is 0. The van der Waals surface area contributed by atoms with Crippen molar-refractivity contribution in [3.05, 3.63) is 17.0 Å². The third kappa shape index (κ3) is 3.86. The fraction of sp³-hybridized carbons (Fsp3) is 0.722. The van der Waals surface area contributed by atoms with Crippen molar-refractivity contribution >= 4 is 11.8 Å². The predicted octanol–water partition coefficient (Wildman–Crippen LogP) is 0.884. The minimum absolute atomic E-state index is 0.134. The fourth-order valence-corrected chi connectivity index (χ4v) is 3.71. The number of hydrogen-bond acceptors (Lipinski definition) is 5. The van der Waals surface area contributed by atoms with Crippen LogP contribution in [0.1, 0.15) is 53.9 Å². The van der Waals surface area contributed by atoms with Crippen molar-refractivity contribution in [1.29, 1.82) is 0 Å². The van der Waals surface area contributed by atoms with Gasteiger partial charge >= 0.3 is 0 Å². The number of nitrogens with zero attached hydrogens (tertiary/aromatic N) is 2. The molecule has 1 atom stereocenters. The lowest BCUT2D eigenvalue weighted by Crippen LogP contribution is -2.42. The molecule has 1 unspecified atom stereocenters. The van der Waals surface area contributed by atoms with E-state index in [2.05, 4.69) is 15.8 Å². The Bertz CT molecular complexity index is 647. The van der Waals surface area contributed by atoms with Crippen LogP contribution in [0.5, 0.6) is 0 Å². The zero-order valence-corrected chi connectivity index (χ0v) is 14.6. The molecule has 25 heavy (non-hydrogen) atoms. The van der Waals surface area contributed by atoms with Gasteiger partial charge in [-0.25, -0.2) is 0 Å². The number of rotatable bonds is 6. The van der Waals surface area contributed by atoms with Crippen LogP contribution in [0.15, 0.2) is 4.52 Å².